The Hall–Kier alpha value is -5.12. The zero-order valence-electron chi connectivity index (χ0n) is 23.2. The van der Waals surface area contributed by atoms with Crippen molar-refractivity contribution < 1.29 is 4.42 Å². The Morgan fingerprint density at radius 3 is 1.88 bits per heavy atom. The number of furan rings is 1. The fourth-order valence-corrected chi connectivity index (χ4v) is 6.47. The zero-order chi connectivity index (χ0) is 28.8. The molecule has 0 aliphatic heterocycles. The van der Waals surface area contributed by atoms with Crippen LogP contribution >= 0.6 is 15.9 Å². The standard InChI is InChI=1S/C40H26BrNO/c41-31-13-7-11-29(23-31)35-15-3-4-16-36(35)30-12-8-14-32(25-30)42(33-20-19-27-9-1-2-10-28(27)24-33)34-21-22-40-38(26-34)37-17-5-6-18-39(37)43-40/h1-26H. The van der Waals surface area contributed by atoms with E-state index in [2.05, 4.69) is 166 Å². The highest BCUT2D eigenvalue weighted by Crippen LogP contribution is 2.41. The molecule has 204 valence electrons. The van der Waals surface area contributed by atoms with E-state index in [9.17, 15) is 0 Å². The number of hydrogen-bond donors (Lipinski definition) is 0. The third-order valence-electron chi connectivity index (χ3n) is 8.09. The van der Waals surface area contributed by atoms with Gasteiger partial charge in [0, 0.05) is 32.3 Å². The van der Waals surface area contributed by atoms with E-state index in [-0.39, 0.29) is 0 Å². The molecule has 0 radical (unpaired) electrons. The molecule has 7 aromatic carbocycles. The molecule has 1 heterocycles. The van der Waals surface area contributed by atoms with Crippen LogP contribution in [0, 0.1) is 0 Å². The van der Waals surface area contributed by atoms with E-state index in [0.29, 0.717) is 0 Å². The summed E-state index contributed by atoms with van der Waals surface area (Å²) >= 11 is 3.66. The van der Waals surface area contributed by atoms with Crippen molar-refractivity contribution in [2.75, 3.05) is 4.90 Å². The number of para-hydroxylation sites is 1. The minimum absolute atomic E-state index is 0.889. The number of rotatable bonds is 5. The second-order valence-electron chi connectivity index (χ2n) is 10.8. The summed E-state index contributed by atoms with van der Waals surface area (Å²) in [6.45, 7) is 0. The molecule has 8 aromatic rings. The zero-order valence-corrected chi connectivity index (χ0v) is 24.8. The summed E-state index contributed by atoms with van der Waals surface area (Å²) in [7, 11) is 0. The maximum atomic E-state index is 6.17. The van der Waals surface area contributed by atoms with E-state index in [1.807, 2.05) is 12.1 Å². The molecule has 0 N–H and O–H groups in total. The highest BCUT2D eigenvalue weighted by molar-refractivity contribution is 9.10. The molecule has 43 heavy (non-hydrogen) atoms. The summed E-state index contributed by atoms with van der Waals surface area (Å²) in [5, 5.41) is 4.65. The molecule has 0 aliphatic rings. The molecule has 0 atom stereocenters. The largest absolute Gasteiger partial charge is 0.456 e. The van der Waals surface area contributed by atoms with Gasteiger partial charge in [-0.3, -0.25) is 0 Å². The minimum atomic E-state index is 0.889. The number of fused-ring (bicyclic) bond motifs is 4. The Balaban J connectivity index is 1.32. The Morgan fingerprint density at radius 2 is 1.05 bits per heavy atom. The molecule has 0 bridgehead atoms. The van der Waals surface area contributed by atoms with E-state index < -0.39 is 0 Å². The van der Waals surface area contributed by atoms with Gasteiger partial charge in [-0.2, -0.15) is 0 Å². The summed E-state index contributed by atoms with van der Waals surface area (Å²) < 4.78 is 7.24. The van der Waals surface area contributed by atoms with Crippen molar-refractivity contribution in [3.63, 3.8) is 0 Å². The number of benzene rings is 7. The Morgan fingerprint density at radius 1 is 0.419 bits per heavy atom. The minimum Gasteiger partial charge on any atom is -0.456 e. The quantitative estimate of drug-likeness (QED) is 0.191. The predicted octanol–water partition coefficient (Wildman–Crippen LogP) is 12.3. The first-order valence-electron chi connectivity index (χ1n) is 14.4. The first-order chi connectivity index (χ1) is 21.2. The van der Waals surface area contributed by atoms with Crippen molar-refractivity contribution in [3.05, 3.63) is 162 Å². The van der Waals surface area contributed by atoms with Crippen molar-refractivity contribution in [2.45, 2.75) is 0 Å². The maximum Gasteiger partial charge on any atom is 0.135 e. The molecule has 0 fully saturated rings. The van der Waals surface area contributed by atoms with Crippen molar-refractivity contribution in [1.29, 1.82) is 0 Å². The molecule has 2 nitrogen and oxygen atoms in total. The molecule has 0 aliphatic carbocycles. The lowest BCUT2D eigenvalue weighted by atomic mass is 9.94. The molecular weight excluding hydrogens is 590 g/mol. The Bertz CT molecular complexity index is 2280. The van der Waals surface area contributed by atoms with Crippen LogP contribution in [0.5, 0.6) is 0 Å². The smallest absolute Gasteiger partial charge is 0.135 e. The lowest BCUT2D eigenvalue weighted by Crippen LogP contribution is -2.10. The van der Waals surface area contributed by atoms with Crippen LogP contribution in [-0.2, 0) is 0 Å². The molecule has 8 rings (SSSR count). The molecule has 3 heteroatoms. The molecule has 0 spiro atoms. The summed E-state index contributed by atoms with van der Waals surface area (Å²) in [6.07, 6.45) is 0. The van der Waals surface area contributed by atoms with Gasteiger partial charge in [-0.05, 0) is 93.7 Å². The van der Waals surface area contributed by atoms with E-state index in [1.165, 1.54) is 27.5 Å². The van der Waals surface area contributed by atoms with Gasteiger partial charge in [-0.1, -0.05) is 113 Å². The van der Waals surface area contributed by atoms with Crippen molar-refractivity contribution in [2.24, 2.45) is 0 Å². The third-order valence-corrected chi connectivity index (χ3v) is 8.58. The second kappa shape index (κ2) is 10.6. The number of halogens is 1. The maximum absolute atomic E-state index is 6.17. The van der Waals surface area contributed by atoms with Crippen LogP contribution < -0.4 is 4.90 Å². The highest BCUT2D eigenvalue weighted by Gasteiger charge is 2.17. The van der Waals surface area contributed by atoms with Crippen molar-refractivity contribution in [3.8, 4) is 22.3 Å². The molecule has 0 unspecified atom stereocenters. The average molecular weight is 617 g/mol. The van der Waals surface area contributed by atoms with Gasteiger partial charge in [0.1, 0.15) is 11.2 Å². The topological polar surface area (TPSA) is 16.4 Å². The summed E-state index contributed by atoms with van der Waals surface area (Å²) in [6, 6.07) is 55.9. The van der Waals surface area contributed by atoms with Crippen LogP contribution in [0.15, 0.2) is 167 Å². The van der Waals surface area contributed by atoms with E-state index in [1.54, 1.807) is 0 Å². The second-order valence-corrected chi connectivity index (χ2v) is 11.7. The summed E-state index contributed by atoms with van der Waals surface area (Å²) in [4.78, 5) is 2.35. The van der Waals surface area contributed by atoms with Crippen LogP contribution in [0.25, 0.3) is 55.0 Å². The van der Waals surface area contributed by atoms with Gasteiger partial charge in [-0.15, -0.1) is 0 Å². The summed E-state index contributed by atoms with van der Waals surface area (Å²) in [5.74, 6) is 0. The lowest BCUT2D eigenvalue weighted by Gasteiger charge is -2.26. The van der Waals surface area contributed by atoms with Crippen LogP contribution in [0.2, 0.25) is 0 Å². The normalized spacial score (nSPS) is 11.4. The van der Waals surface area contributed by atoms with Crippen molar-refractivity contribution in [1.82, 2.24) is 0 Å². The fourth-order valence-electron chi connectivity index (χ4n) is 6.07. The first kappa shape index (κ1) is 25.6. The Labute approximate surface area is 258 Å². The number of nitrogens with zero attached hydrogens (tertiary/aromatic N) is 1. The van der Waals surface area contributed by atoms with Crippen LogP contribution in [0.1, 0.15) is 0 Å². The van der Waals surface area contributed by atoms with Gasteiger partial charge in [-0.25, -0.2) is 0 Å². The molecule has 1 aromatic heterocycles. The monoisotopic (exact) mass is 615 g/mol. The molecule has 0 amide bonds. The van der Waals surface area contributed by atoms with Gasteiger partial charge in [0.15, 0.2) is 0 Å². The van der Waals surface area contributed by atoms with Crippen LogP contribution in [0.3, 0.4) is 0 Å². The van der Waals surface area contributed by atoms with E-state index >= 15 is 0 Å². The van der Waals surface area contributed by atoms with Crippen molar-refractivity contribution >= 4 is 65.7 Å². The van der Waals surface area contributed by atoms with Gasteiger partial charge < -0.3 is 9.32 Å². The highest BCUT2D eigenvalue weighted by atomic mass is 79.9. The average Bonchev–Trinajstić information content (AvgIpc) is 3.43. The van der Waals surface area contributed by atoms with Gasteiger partial charge in [0.25, 0.3) is 0 Å². The van der Waals surface area contributed by atoms with Gasteiger partial charge >= 0.3 is 0 Å². The predicted molar refractivity (Wildman–Crippen MR) is 184 cm³/mol. The first-order valence-corrected chi connectivity index (χ1v) is 15.2. The van der Waals surface area contributed by atoms with Crippen LogP contribution in [-0.4, -0.2) is 0 Å². The molecular formula is C40H26BrNO. The Kier molecular flexibility index (Phi) is 6.31. The number of hydrogen-bond acceptors (Lipinski definition) is 2. The van der Waals surface area contributed by atoms with E-state index in [4.69, 9.17) is 4.42 Å². The summed E-state index contributed by atoms with van der Waals surface area (Å²) in [5.41, 5.74) is 9.78. The van der Waals surface area contributed by atoms with E-state index in [0.717, 1.165) is 49.0 Å². The van der Waals surface area contributed by atoms with Gasteiger partial charge in [0.2, 0.25) is 0 Å². The van der Waals surface area contributed by atoms with Crippen LogP contribution in [0.4, 0.5) is 17.1 Å². The molecule has 0 saturated carbocycles. The SMILES string of the molecule is Brc1cccc(-c2ccccc2-c2cccc(N(c3ccc4ccccc4c3)c3ccc4oc5ccccc5c4c3)c2)c1. The number of anilines is 3. The molecule has 0 saturated heterocycles. The van der Waals surface area contributed by atoms with Gasteiger partial charge in [0.05, 0.1) is 0 Å². The third kappa shape index (κ3) is 4.68. The fraction of sp³-hybridized carbons (Fsp3) is 0. The lowest BCUT2D eigenvalue weighted by molar-refractivity contribution is 0.669.